The van der Waals surface area contributed by atoms with Crippen LogP contribution in [0.2, 0.25) is 0 Å². The van der Waals surface area contributed by atoms with Gasteiger partial charge in [-0.2, -0.15) is 10.5 Å². The van der Waals surface area contributed by atoms with E-state index < -0.39 is 23.4 Å². The molecule has 0 unspecified atom stereocenters. The standard InChI is InChI=1S/C9H8N2O4/c1-14-8(12)7(9(13)15-2)3-6(4-10)5-11/h3,6H,1-2H3. The summed E-state index contributed by atoms with van der Waals surface area (Å²) in [5, 5.41) is 16.9. The van der Waals surface area contributed by atoms with Crippen molar-refractivity contribution in [2.45, 2.75) is 0 Å². The monoisotopic (exact) mass is 208 g/mol. The van der Waals surface area contributed by atoms with Crippen molar-refractivity contribution in [3.05, 3.63) is 11.6 Å². The molecule has 0 fully saturated rings. The maximum Gasteiger partial charge on any atom is 0.345 e. The summed E-state index contributed by atoms with van der Waals surface area (Å²) in [7, 11) is 2.15. The van der Waals surface area contributed by atoms with Crippen LogP contribution in [0.25, 0.3) is 0 Å². The second kappa shape index (κ2) is 6.17. The van der Waals surface area contributed by atoms with Crippen LogP contribution in [0.5, 0.6) is 0 Å². The highest BCUT2D eigenvalue weighted by Gasteiger charge is 2.21. The molecule has 78 valence electrons. The number of hydrogen-bond donors (Lipinski definition) is 0. The minimum atomic E-state index is -1.20. The fourth-order valence-corrected chi connectivity index (χ4v) is 0.709. The van der Waals surface area contributed by atoms with Gasteiger partial charge in [-0.15, -0.1) is 0 Å². The summed E-state index contributed by atoms with van der Waals surface area (Å²) in [5.41, 5.74) is -0.465. The lowest BCUT2D eigenvalue weighted by Crippen LogP contribution is -2.16. The van der Waals surface area contributed by atoms with E-state index >= 15 is 0 Å². The summed E-state index contributed by atoms with van der Waals surface area (Å²) in [4.78, 5) is 22.1. The van der Waals surface area contributed by atoms with Gasteiger partial charge in [0.2, 0.25) is 0 Å². The summed E-state index contributed by atoms with van der Waals surface area (Å²) in [6.07, 6.45) is 0.900. The molecule has 0 amide bonds. The number of methoxy groups -OCH3 is 2. The van der Waals surface area contributed by atoms with Gasteiger partial charge in [0.1, 0.15) is 5.57 Å². The first kappa shape index (κ1) is 12.7. The molecule has 0 radical (unpaired) electrons. The van der Waals surface area contributed by atoms with Crippen molar-refractivity contribution < 1.29 is 19.1 Å². The molecule has 0 N–H and O–H groups in total. The van der Waals surface area contributed by atoms with Crippen LogP contribution < -0.4 is 0 Å². The summed E-state index contributed by atoms with van der Waals surface area (Å²) < 4.78 is 8.60. The Bertz CT molecular complexity index is 341. The molecule has 15 heavy (non-hydrogen) atoms. The molecule has 0 aromatic heterocycles. The van der Waals surface area contributed by atoms with Crippen LogP contribution in [-0.2, 0) is 19.1 Å². The first-order chi connectivity index (χ1) is 7.10. The third-order valence-corrected chi connectivity index (χ3v) is 1.42. The molecule has 0 heterocycles. The first-order valence-electron chi connectivity index (χ1n) is 3.78. The molecule has 6 nitrogen and oxygen atoms in total. The van der Waals surface area contributed by atoms with Crippen molar-refractivity contribution in [2.24, 2.45) is 5.92 Å². The summed E-state index contributed by atoms with van der Waals surface area (Å²) in [6, 6.07) is 3.17. The predicted octanol–water partition coefficient (Wildman–Crippen LogP) is -0.0778. The number of carbonyl (C=O) groups excluding carboxylic acids is 2. The maximum absolute atomic E-state index is 11.1. The largest absolute Gasteiger partial charge is 0.465 e. The number of hydrogen-bond acceptors (Lipinski definition) is 6. The Morgan fingerprint density at radius 1 is 1.13 bits per heavy atom. The Balaban J connectivity index is 5.13. The third kappa shape index (κ3) is 3.49. The van der Waals surface area contributed by atoms with E-state index in [9.17, 15) is 9.59 Å². The molecule has 0 aliphatic rings. The number of rotatable bonds is 3. The summed E-state index contributed by atoms with van der Waals surface area (Å²) >= 11 is 0. The number of allylic oxidation sites excluding steroid dienone is 1. The van der Waals surface area contributed by atoms with Gasteiger partial charge in [-0.3, -0.25) is 0 Å². The number of carbonyl (C=O) groups is 2. The number of ether oxygens (including phenoxy) is 2. The van der Waals surface area contributed by atoms with E-state index in [1.807, 2.05) is 0 Å². The van der Waals surface area contributed by atoms with E-state index in [1.165, 1.54) is 0 Å². The predicted molar refractivity (Wildman–Crippen MR) is 46.8 cm³/mol. The van der Waals surface area contributed by atoms with Crippen LogP contribution in [0.15, 0.2) is 11.6 Å². The van der Waals surface area contributed by atoms with Crippen molar-refractivity contribution in [1.82, 2.24) is 0 Å². The van der Waals surface area contributed by atoms with E-state index in [1.54, 1.807) is 12.1 Å². The zero-order valence-electron chi connectivity index (χ0n) is 8.18. The minimum Gasteiger partial charge on any atom is -0.465 e. The lowest BCUT2D eigenvalue weighted by molar-refractivity contribution is -0.144. The number of nitrogens with zero attached hydrogens (tertiary/aromatic N) is 2. The van der Waals surface area contributed by atoms with Crippen LogP contribution >= 0.6 is 0 Å². The fourth-order valence-electron chi connectivity index (χ4n) is 0.709. The van der Waals surface area contributed by atoms with Crippen molar-refractivity contribution in [2.75, 3.05) is 14.2 Å². The molecule has 0 aliphatic heterocycles. The molecule has 0 rings (SSSR count). The van der Waals surface area contributed by atoms with E-state index in [4.69, 9.17) is 10.5 Å². The Kier molecular flexibility index (Phi) is 5.20. The molecule has 0 saturated heterocycles. The van der Waals surface area contributed by atoms with Gasteiger partial charge in [0.25, 0.3) is 0 Å². The molecular formula is C9H8N2O4. The maximum atomic E-state index is 11.1. The molecule has 0 atom stereocenters. The lowest BCUT2D eigenvalue weighted by Gasteiger charge is -2.02. The van der Waals surface area contributed by atoms with E-state index in [-0.39, 0.29) is 0 Å². The SMILES string of the molecule is COC(=O)C(=CC(C#N)C#N)C(=O)OC. The Labute approximate surface area is 86.3 Å². The van der Waals surface area contributed by atoms with Crippen molar-refractivity contribution in [1.29, 1.82) is 10.5 Å². The zero-order valence-corrected chi connectivity index (χ0v) is 8.18. The Morgan fingerprint density at radius 3 is 1.80 bits per heavy atom. The van der Waals surface area contributed by atoms with Crippen molar-refractivity contribution in [3.8, 4) is 12.1 Å². The zero-order chi connectivity index (χ0) is 11.8. The van der Waals surface area contributed by atoms with Gasteiger partial charge in [-0.05, 0) is 6.08 Å². The normalized spacial score (nSPS) is 8.33. The average molecular weight is 208 g/mol. The molecule has 6 heteroatoms. The molecule has 0 saturated carbocycles. The van der Waals surface area contributed by atoms with Crippen LogP contribution in [-0.4, -0.2) is 26.2 Å². The van der Waals surface area contributed by atoms with Crippen LogP contribution in [0.1, 0.15) is 0 Å². The van der Waals surface area contributed by atoms with Gasteiger partial charge in [-0.25, -0.2) is 9.59 Å². The highest BCUT2D eigenvalue weighted by Crippen LogP contribution is 2.06. The van der Waals surface area contributed by atoms with Crippen LogP contribution in [0.3, 0.4) is 0 Å². The average Bonchev–Trinajstić information content (AvgIpc) is 2.29. The minimum absolute atomic E-state index is 0.465. The van der Waals surface area contributed by atoms with E-state index in [0.29, 0.717) is 0 Å². The molecule has 0 aliphatic carbocycles. The number of esters is 2. The quantitative estimate of drug-likeness (QED) is 0.278. The van der Waals surface area contributed by atoms with Crippen molar-refractivity contribution >= 4 is 11.9 Å². The molecular weight excluding hydrogens is 200 g/mol. The number of nitriles is 2. The van der Waals surface area contributed by atoms with Gasteiger partial charge in [0.05, 0.1) is 26.4 Å². The van der Waals surface area contributed by atoms with Crippen LogP contribution in [0.4, 0.5) is 0 Å². The van der Waals surface area contributed by atoms with Gasteiger partial charge in [0, 0.05) is 0 Å². The highest BCUT2D eigenvalue weighted by atomic mass is 16.5. The van der Waals surface area contributed by atoms with Gasteiger partial charge in [0.15, 0.2) is 5.92 Å². The molecule has 0 bridgehead atoms. The van der Waals surface area contributed by atoms with Crippen LogP contribution in [0, 0.1) is 28.6 Å². The van der Waals surface area contributed by atoms with Crippen molar-refractivity contribution in [3.63, 3.8) is 0 Å². The molecule has 0 spiro atoms. The highest BCUT2D eigenvalue weighted by molar-refractivity contribution is 6.14. The second-order valence-electron chi connectivity index (χ2n) is 2.30. The van der Waals surface area contributed by atoms with E-state index in [0.717, 1.165) is 20.3 Å². The fraction of sp³-hybridized carbons (Fsp3) is 0.333. The third-order valence-electron chi connectivity index (χ3n) is 1.42. The van der Waals surface area contributed by atoms with Gasteiger partial charge >= 0.3 is 11.9 Å². The topological polar surface area (TPSA) is 100 Å². The second-order valence-corrected chi connectivity index (χ2v) is 2.30. The van der Waals surface area contributed by atoms with E-state index in [2.05, 4.69) is 9.47 Å². The smallest absolute Gasteiger partial charge is 0.345 e. The summed E-state index contributed by atoms with van der Waals surface area (Å²) in [5.74, 6) is -3.09. The molecule has 0 aromatic rings. The Morgan fingerprint density at radius 2 is 1.53 bits per heavy atom. The lowest BCUT2D eigenvalue weighted by atomic mass is 10.1. The Hall–Kier alpha value is -2.34. The first-order valence-corrected chi connectivity index (χ1v) is 3.78. The van der Waals surface area contributed by atoms with Gasteiger partial charge in [-0.1, -0.05) is 0 Å². The molecule has 0 aromatic carbocycles. The summed E-state index contributed by atoms with van der Waals surface area (Å²) in [6.45, 7) is 0. The van der Waals surface area contributed by atoms with Gasteiger partial charge < -0.3 is 9.47 Å².